The molecular formula is C13H27NO. The van der Waals surface area contributed by atoms with Gasteiger partial charge in [0.2, 0.25) is 0 Å². The van der Waals surface area contributed by atoms with Gasteiger partial charge in [0.1, 0.15) is 0 Å². The zero-order chi connectivity index (χ0) is 11.3. The highest BCUT2D eigenvalue weighted by Crippen LogP contribution is 2.53. The van der Waals surface area contributed by atoms with Crippen molar-refractivity contribution in [3.63, 3.8) is 0 Å². The molecule has 90 valence electrons. The summed E-state index contributed by atoms with van der Waals surface area (Å²) in [5.74, 6) is 0.820. The Labute approximate surface area is 94.8 Å². The molecule has 0 amide bonds. The zero-order valence-electron chi connectivity index (χ0n) is 10.8. The van der Waals surface area contributed by atoms with Crippen molar-refractivity contribution in [2.24, 2.45) is 11.3 Å². The fourth-order valence-corrected chi connectivity index (χ4v) is 2.20. The molecule has 0 aromatic rings. The van der Waals surface area contributed by atoms with E-state index < -0.39 is 0 Å². The SMILES string of the molecule is CCCNC(COCCC)C1CC1(C)C. The maximum atomic E-state index is 5.67. The van der Waals surface area contributed by atoms with E-state index in [1.165, 1.54) is 12.8 Å². The van der Waals surface area contributed by atoms with E-state index in [2.05, 4.69) is 33.0 Å². The monoisotopic (exact) mass is 213 g/mol. The molecule has 1 N–H and O–H groups in total. The van der Waals surface area contributed by atoms with Crippen LogP contribution in [0.4, 0.5) is 0 Å². The molecule has 1 aliphatic carbocycles. The van der Waals surface area contributed by atoms with Gasteiger partial charge in [-0.05, 0) is 37.1 Å². The first-order valence-corrected chi connectivity index (χ1v) is 6.43. The van der Waals surface area contributed by atoms with Gasteiger partial charge in [-0.2, -0.15) is 0 Å². The van der Waals surface area contributed by atoms with Gasteiger partial charge in [-0.25, -0.2) is 0 Å². The molecule has 2 nitrogen and oxygen atoms in total. The first kappa shape index (κ1) is 13.0. The molecule has 1 rings (SSSR count). The Bertz CT molecular complexity index is 179. The lowest BCUT2D eigenvalue weighted by Crippen LogP contribution is -2.37. The van der Waals surface area contributed by atoms with E-state index in [0.717, 1.165) is 32.1 Å². The fourth-order valence-electron chi connectivity index (χ4n) is 2.20. The van der Waals surface area contributed by atoms with Crippen LogP contribution in [0.5, 0.6) is 0 Å². The van der Waals surface area contributed by atoms with E-state index in [9.17, 15) is 0 Å². The predicted octanol–water partition coefficient (Wildman–Crippen LogP) is 2.83. The molecule has 0 radical (unpaired) electrons. The quantitative estimate of drug-likeness (QED) is 0.626. The molecule has 2 unspecified atom stereocenters. The molecule has 0 aliphatic heterocycles. The van der Waals surface area contributed by atoms with Crippen molar-refractivity contribution < 1.29 is 4.74 Å². The van der Waals surface area contributed by atoms with Crippen LogP contribution in [0.1, 0.15) is 47.0 Å². The minimum Gasteiger partial charge on any atom is -0.380 e. The summed E-state index contributed by atoms with van der Waals surface area (Å²) in [5, 5.41) is 3.62. The molecule has 15 heavy (non-hydrogen) atoms. The van der Waals surface area contributed by atoms with Crippen LogP contribution in [0.2, 0.25) is 0 Å². The molecular weight excluding hydrogens is 186 g/mol. The standard InChI is InChI=1S/C13H27NO/c1-5-7-14-12(10-15-8-6-2)11-9-13(11,3)4/h11-12,14H,5-10H2,1-4H3. The van der Waals surface area contributed by atoms with Gasteiger partial charge in [0.05, 0.1) is 6.61 Å². The summed E-state index contributed by atoms with van der Waals surface area (Å²) in [6.45, 7) is 12.0. The van der Waals surface area contributed by atoms with Crippen LogP contribution in [-0.4, -0.2) is 25.8 Å². The molecule has 2 atom stereocenters. The molecule has 0 spiro atoms. The van der Waals surface area contributed by atoms with Crippen LogP contribution in [-0.2, 0) is 4.74 Å². The summed E-state index contributed by atoms with van der Waals surface area (Å²) in [4.78, 5) is 0. The Balaban J connectivity index is 2.27. The van der Waals surface area contributed by atoms with Crippen molar-refractivity contribution in [2.75, 3.05) is 19.8 Å². The van der Waals surface area contributed by atoms with Crippen LogP contribution in [0.3, 0.4) is 0 Å². The van der Waals surface area contributed by atoms with Crippen LogP contribution in [0, 0.1) is 11.3 Å². The van der Waals surface area contributed by atoms with Gasteiger partial charge in [0.15, 0.2) is 0 Å². The van der Waals surface area contributed by atoms with Gasteiger partial charge in [-0.15, -0.1) is 0 Å². The summed E-state index contributed by atoms with van der Waals surface area (Å²) in [5.41, 5.74) is 0.543. The van der Waals surface area contributed by atoms with Crippen LogP contribution in [0.15, 0.2) is 0 Å². The van der Waals surface area contributed by atoms with Gasteiger partial charge in [0.25, 0.3) is 0 Å². The third-order valence-electron chi connectivity index (χ3n) is 3.38. The Morgan fingerprint density at radius 2 is 2.00 bits per heavy atom. The number of rotatable bonds is 8. The highest BCUT2D eigenvalue weighted by molar-refractivity contribution is 5.01. The van der Waals surface area contributed by atoms with E-state index in [1.54, 1.807) is 0 Å². The average Bonchev–Trinajstić information content (AvgIpc) is 2.81. The minimum atomic E-state index is 0.543. The average molecular weight is 213 g/mol. The normalized spacial score (nSPS) is 25.2. The molecule has 0 heterocycles. The summed E-state index contributed by atoms with van der Waals surface area (Å²) in [7, 11) is 0. The van der Waals surface area contributed by atoms with Gasteiger partial charge < -0.3 is 10.1 Å². The topological polar surface area (TPSA) is 21.3 Å². The lowest BCUT2D eigenvalue weighted by Gasteiger charge is -2.20. The lowest BCUT2D eigenvalue weighted by atomic mass is 10.0. The predicted molar refractivity (Wildman–Crippen MR) is 65.1 cm³/mol. The summed E-state index contributed by atoms with van der Waals surface area (Å²) in [6, 6.07) is 0.575. The number of nitrogens with one attached hydrogen (secondary N) is 1. The van der Waals surface area contributed by atoms with Crippen LogP contribution in [0.25, 0.3) is 0 Å². The second-order valence-corrected chi connectivity index (χ2v) is 5.43. The molecule has 0 bridgehead atoms. The first-order valence-electron chi connectivity index (χ1n) is 6.43. The first-order chi connectivity index (χ1) is 7.11. The molecule has 2 heteroatoms. The van der Waals surface area contributed by atoms with Crippen molar-refractivity contribution in [1.29, 1.82) is 0 Å². The zero-order valence-corrected chi connectivity index (χ0v) is 10.8. The number of ether oxygens (including phenoxy) is 1. The summed E-state index contributed by atoms with van der Waals surface area (Å²) < 4.78 is 5.67. The Kier molecular flexibility index (Phi) is 5.07. The van der Waals surface area contributed by atoms with E-state index >= 15 is 0 Å². The lowest BCUT2D eigenvalue weighted by molar-refractivity contribution is 0.102. The second-order valence-electron chi connectivity index (χ2n) is 5.43. The third-order valence-corrected chi connectivity index (χ3v) is 3.38. The van der Waals surface area contributed by atoms with Crippen molar-refractivity contribution in [1.82, 2.24) is 5.32 Å². The second kappa shape index (κ2) is 5.86. The van der Waals surface area contributed by atoms with Gasteiger partial charge >= 0.3 is 0 Å². The van der Waals surface area contributed by atoms with E-state index in [-0.39, 0.29) is 0 Å². The minimum absolute atomic E-state index is 0.543. The highest BCUT2D eigenvalue weighted by atomic mass is 16.5. The van der Waals surface area contributed by atoms with Crippen molar-refractivity contribution in [3.8, 4) is 0 Å². The van der Waals surface area contributed by atoms with Crippen LogP contribution < -0.4 is 5.32 Å². The Morgan fingerprint density at radius 3 is 2.47 bits per heavy atom. The summed E-state index contributed by atoms with van der Waals surface area (Å²) in [6.07, 6.45) is 3.68. The van der Waals surface area contributed by atoms with E-state index in [4.69, 9.17) is 4.74 Å². The Hall–Kier alpha value is -0.0800. The molecule has 0 aromatic carbocycles. The Morgan fingerprint density at radius 1 is 1.33 bits per heavy atom. The van der Waals surface area contributed by atoms with E-state index in [1.807, 2.05) is 0 Å². The molecule has 0 aromatic heterocycles. The van der Waals surface area contributed by atoms with Crippen molar-refractivity contribution >= 4 is 0 Å². The highest BCUT2D eigenvalue weighted by Gasteiger charge is 2.49. The molecule has 1 saturated carbocycles. The van der Waals surface area contributed by atoms with Gasteiger partial charge in [-0.3, -0.25) is 0 Å². The van der Waals surface area contributed by atoms with Crippen molar-refractivity contribution in [3.05, 3.63) is 0 Å². The fraction of sp³-hybridized carbons (Fsp3) is 1.00. The van der Waals surface area contributed by atoms with Gasteiger partial charge in [-0.1, -0.05) is 27.7 Å². The molecule has 1 aliphatic rings. The largest absolute Gasteiger partial charge is 0.380 e. The number of hydrogen-bond acceptors (Lipinski definition) is 2. The molecule has 0 saturated heterocycles. The van der Waals surface area contributed by atoms with E-state index in [0.29, 0.717) is 11.5 Å². The third kappa shape index (κ3) is 4.12. The summed E-state index contributed by atoms with van der Waals surface area (Å²) >= 11 is 0. The van der Waals surface area contributed by atoms with Crippen molar-refractivity contribution in [2.45, 2.75) is 53.0 Å². The smallest absolute Gasteiger partial charge is 0.0622 e. The van der Waals surface area contributed by atoms with Gasteiger partial charge in [0, 0.05) is 12.6 Å². The number of hydrogen-bond donors (Lipinski definition) is 1. The maximum Gasteiger partial charge on any atom is 0.0622 e. The maximum absolute atomic E-state index is 5.67. The van der Waals surface area contributed by atoms with Crippen LogP contribution >= 0.6 is 0 Å². The molecule has 1 fully saturated rings.